The molecular formula is C5H5IO2. The Bertz CT molecular complexity index is 136. The summed E-state index contributed by atoms with van der Waals surface area (Å²) < 4.78 is 9.71. The standard InChI is InChI=1S/C5H5IO2/c6-8-4-5-2-1-3-7-5/h1-3H,4H2. The summed E-state index contributed by atoms with van der Waals surface area (Å²) in [4.78, 5) is 0. The third-order valence-electron chi connectivity index (χ3n) is 0.777. The molecule has 0 aliphatic heterocycles. The lowest BCUT2D eigenvalue weighted by molar-refractivity contribution is 0.352. The van der Waals surface area contributed by atoms with Crippen molar-refractivity contribution < 1.29 is 7.48 Å². The molecule has 0 fully saturated rings. The van der Waals surface area contributed by atoms with Gasteiger partial charge >= 0.3 is 0 Å². The summed E-state index contributed by atoms with van der Waals surface area (Å²) in [5, 5.41) is 0. The van der Waals surface area contributed by atoms with Gasteiger partial charge in [0.25, 0.3) is 0 Å². The van der Waals surface area contributed by atoms with E-state index in [-0.39, 0.29) is 0 Å². The largest absolute Gasteiger partial charge is 0.467 e. The van der Waals surface area contributed by atoms with E-state index < -0.39 is 0 Å². The summed E-state index contributed by atoms with van der Waals surface area (Å²) in [6.07, 6.45) is 1.63. The summed E-state index contributed by atoms with van der Waals surface area (Å²) in [7, 11) is 0. The summed E-state index contributed by atoms with van der Waals surface area (Å²) >= 11 is 1.83. The molecule has 0 saturated heterocycles. The van der Waals surface area contributed by atoms with Crippen LogP contribution in [0.3, 0.4) is 0 Å². The van der Waals surface area contributed by atoms with Crippen LogP contribution >= 0.6 is 23.0 Å². The first-order valence-corrected chi connectivity index (χ1v) is 3.07. The van der Waals surface area contributed by atoms with Gasteiger partial charge in [-0.1, -0.05) is 0 Å². The monoisotopic (exact) mass is 224 g/mol. The topological polar surface area (TPSA) is 22.4 Å². The zero-order chi connectivity index (χ0) is 5.82. The van der Waals surface area contributed by atoms with E-state index in [2.05, 4.69) is 0 Å². The lowest BCUT2D eigenvalue weighted by Crippen LogP contribution is -1.75. The van der Waals surface area contributed by atoms with Gasteiger partial charge in [0.1, 0.15) is 35.4 Å². The Labute approximate surface area is 61.5 Å². The first-order valence-electron chi connectivity index (χ1n) is 2.19. The van der Waals surface area contributed by atoms with Crippen LogP contribution in [-0.2, 0) is 9.67 Å². The first kappa shape index (κ1) is 6.10. The molecule has 3 heteroatoms. The van der Waals surface area contributed by atoms with Gasteiger partial charge in [0.15, 0.2) is 0 Å². The summed E-state index contributed by atoms with van der Waals surface area (Å²) in [6.45, 7) is 0.549. The molecule has 0 aliphatic carbocycles. The van der Waals surface area contributed by atoms with Crippen molar-refractivity contribution in [3.05, 3.63) is 24.2 Å². The third kappa shape index (κ3) is 1.48. The molecule has 0 radical (unpaired) electrons. The number of hydrogen-bond donors (Lipinski definition) is 0. The second kappa shape index (κ2) is 3.09. The highest BCUT2D eigenvalue weighted by Crippen LogP contribution is 2.03. The highest BCUT2D eigenvalue weighted by atomic mass is 127. The fourth-order valence-electron chi connectivity index (χ4n) is 0.448. The van der Waals surface area contributed by atoms with E-state index in [1.54, 1.807) is 6.26 Å². The van der Waals surface area contributed by atoms with E-state index in [0.29, 0.717) is 6.61 Å². The van der Waals surface area contributed by atoms with Crippen LogP contribution in [0.1, 0.15) is 5.76 Å². The van der Waals surface area contributed by atoms with Crippen LogP contribution in [0.5, 0.6) is 0 Å². The molecule has 44 valence electrons. The number of halogens is 1. The Balaban J connectivity index is 2.50. The molecule has 0 amide bonds. The third-order valence-corrected chi connectivity index (χ3v) is 1.09. The van der Waals surface area contributed by atoms with Gasteiger partial charge in [-0.05, 0) is 12.1 Å². The molecule has 0 saturated carbocycles. The lowest BCUT2D eigenvalue weighted by atomic mass is 10.5. The average molecular weight is 224 g/mol. The molecule has 1 aromatic rings. The Hall–Kier alpha value is -0.0300. The molecule has 0 atom stereocenters. The minimum Gasteiger partial charge on any atom is -0.467 e. The van der Waals surface area contributed by atoms with Crippen molar-refractivity contribution in [3.63, 3.8) is 0 Å². The van der Waals surface area contributed by atoms with Crippen molar-refractivity contribution in [1.82, 2.24) is 0 Å². The molecule has 0 spiro atoms. The predicted octanol–water partition coefficient (Wildman–Crippen LogP) is 2.15. The molecule has 0 bridgehead atoms. The molecular weight excluding hydrogens is 219 g/mol. The van der Waals surface area contributed by atoms with Crippen molar-refractivity contribution in [2.75, 3.05) is 0 Å². The fraction of sp³-hybridized carbons (Fsp3) is 0.200. The minimum absolute atomic E-state index is 0.549. The summed E-state index contributed by atoms with van der Waals surface area (Å²) in [5.74, 6) is 0.861. The smallest absolute Gasteiger partial charge is 0.130 e. The van der Waals surface area contributed by atoms with Crippen LogP contribution in [0.4, 0.5) is 0 Å². The zero-order valence-corrected chi connectivity index (χ0v) is 6.29. The van der Waals surface area contributed by atoms with Gasteiger partial charge in [-0.2, -0.15) is 0 Å². The van der Waals surface area contributed by atoms with Gasteiger partial charge in [0, 0.05) is 0 Å². The van der Waals surface area contributed by atoms with E-state index in [0.717, 1.165) is 5.76 Å². The van der Waals surface area contributed by atoms with Crippen molar-refractivity contribution >= 4 is 23.0 Å². The molecule has 1 rings (SSSR count). The second-order valence-corrected chi connectivity index (χ2v) is 1.96. The zero-order valence-electron chi connectivity index (χ0n) is 4.13. The highest BCUT2D eigenvalue weighted by molar-refractivity contribution is 14.1. The van der Waals surface area contributed by atoms with Crippen molar-refractivity contribution in [3.8, 4) is 0 Å². The summed E-state index contributed by atoms with van der Waals surface area (Å²) in [6, 6.07) is 3.71. The molecule has 1 heterocycles. The normalized spacial score (nSPS) is 9.62. The van der Waals surface area contributed by atoms with Crippen molar-refractivity contribution in [2.24, 2.45) is 0 Å². The van der Waals surface area contributed by atoms with Crippen LogP contribution in [-0.4, -0.2) is 0 Å². The Morgan fingerprint density at radius 2 is 2.62 bits per heavy atom. The van der Waals surface area contributed by atoms with Gasteiger partial charge in [-0.25, -0.2) is 0 Å². The molecule has 8 heavy (non-hydrogen) atoms. The maximum atomic E-state index is 4.94. The number of rotatable bonds is 2. The van der Waals surface area contributed by atoms with Crippen LogP contribution in [0.2, 0.25) is 0 Å². The lowest BCUT2D eigenvalue weighted by Gasteiger charge is -1.86. The average Bonchev–Trinajstić information content (AvgIpc) is 2.19. The van der Waals surface area contributed by atoms with Gasteiger partial charge < -0.3 is 7.48 Å². The molecule has 1 aromatic heterocycles. The van der Waals surface area contributed by atoms with E-state index in [1.807, 2.05) is 35.1 Å². The molecule has 2 nitrogen and oxygen atoms in total. The molecule has 0 aliphatic rings. The van der Waals surface area contributed by atoms with Gasteiger partial charge in [0.2, 0.25) is 0 Å². The molecule has 0 N–H and O–H groups in total. The SMILES string of the molecule is IOCc1ccco1. The quantitative estimate of drug-likeness (QED) is 0.718. The van der Waals surface area contributed by atoms with E-state index in [4.69, 9.17) is 7.48 Å². The minimum atomic E-state index is 0.549. The molecule has 0 aromatic carbocycles. The maximum absolute atomic E-state index is 4.94. The van der Waals surface area contributed by atoms with Crippen LogP contribution < -0.4 is 0 Å². The highest BCUT2D eigenvalue weighted by Gasteiger charge is 1.90. The fourth-order valence-corrected chi connectivity index (χ4v) is 0.755. The van der Waals surface area contributed by atoms with Gasteiger partial charge in [0.05, 0.1) is 6.26 Å². The van der Waals surface area contributed by atoms with E-state index in [1.165, 1.54) is 0 Å². The molecule has 0 unspecified atom stereocenters. The first-order chi connectivity index (χ1) is 3.93. The maximum Gasteiger partial charge on any atom is 0.130 e. The number of hydrogen-bond acceptors (Lipinski definition) is 2. The van der Waals surface area contributed by atoms with E-state index >= 15 is 0 Å². The second-order valence-electron chi connectivity index (χ2n) is 1.33. The van der Waals surface area contributed by atoms with Crippen LogP contribution in [0, 0.1) is 0 Å². The van der Waals surface area contributed by atoms with Crippen molar-refractivity contribution in [1.29, 1.82) is 0 Å². The van der Waals surface area contributed by atoms with E-state index in [9.17, 15) is 0 Å². The van der Waals surface area contributed by atoms with Gasteiger partial charge in [-0.15, -0.1) is 0 Å². The van der Waals surface area contributed by atoms with Crippen LogP contribution in [0.15, 0.2) is 22.8 Å². The van der Waals surface area contributed by atoms with Crippen molar-refractivity contribution in [2.45, 2.75) is 6.61 Å². The Morgan fingerprint density at radius 3 is 3.12 bits per heavy atom. The Kier molecular flexibility index (Phi) is 2.35. The van der Waals surface area contributed by atoms with Crippen LogP contribution in [0.25, 0.3) is 0 Å². The van der Waals surface area contributed by atoms with Gasteiger partial charge in [-0.3, -0.25) is 0 Å². The summed E-state index contributed by atoms with van der Waals surface area (Å²) in [5.41, 5.74) is 0. The number of furan rings is 1. The predicted molar refractivity (Wildman–Crippen MR) is 37.5 cm³/mol. The Morgan fingerprint density at radius 1 is 1.75 bits per heavy atom.